The Bertz CT molecular complexity index is 326. The van der Waals surface area contributed by atoms with Crippen LogP contribution in [0.1, 0.15) is 45.2 Å². The van der Waals surface area contributed by atoms with Crippen LogP contribution in [0.15, 0.2) is 18.2 Å². The van der Waals surface area contributed by atoms with Crippen LogP contribution in [0.3, 0.4) is 0 Å². The highest BCUT2D eigenvalue weighted by atomic mass is 16.5. The molecule has 0 N–H and O–H groups in total. The average Bonchev–Trinajstić information content (AvgIpc) is 2.22. The monoisotopic (exact) mass is 206 g/mol. The van der Waals surface area contributed by atoms with E-state index in [1.165, 1.54) is 11.1 Å². The highest BCUT2D eigenvalue weighted by Crippen LogP contribution is 2.38. The van der Waals surface area contributed by atoms with Gasteiger partial charge >= 0.3 is 0 Å². The lowest BCUT2D eigenvalue weighted by Gasteiger charge is -2.32. The standard InChI is InChI=1S/C12H16O.C2H6/c1-9-4-5-11-10(8-9)12(2,3)6-7-13-11;1-2/h4-5,8H,6-7H2,1-3H3;1-2H3. The molecule has 0 atom stereocenters. The zero-order chi connectivity index (χ0) is 11.5. The summed E-state index contributed by atoms with van der Waals surface area (Å²) in [5, 5.41) is 0. The highest BCUT2D eigenvalue weighted by molar-refractivity contribution is 5.42. The summed E-state index contributed by atoms with van der Waals surface area (Å²) in [5.74, 6) is 1.07. The van der Waals surface area contributed by atoms with Crippen molar-refractivity contribution < 1.29 is 4.74 Å². The van der Waals surface area contributed by atoms with Gasteiger partial charge in [0.1, 0.15) is 5.75 Å². The molecule has 1 aliphatic heterocycles. The van der Waals surface area contributed by atoms with Crippen LogP contribution in [0.25, 0.3) is 0 Å². The van der Waals surface area contributed by atoms with Gasteiger partial charge in [0, 0.05) is 5.56 Å². The summed E-state index contributed by atoms with van der Waals surface area (Å²) in [6, 6.07) is 6.44. The summed E-state index contributed by atoms with van der Waals surface area (Å²) in [4.78, 5) is 0. The second-order valence-corrected chi connectivity index (χ2v) is 4.48. The van der Waals surface area contributed by atoms with Crippen molar-refractivity contribution in [2.24, 2.45) is 0 Å². The predicted molar refractivity (Wildman–Crippen MR) is 65.7 cm³/mol. The van der Waals surface area contributed by atoms with E-state index in [1.54, 1.807) is 0 Å². The number of fused-ring (bicyclic) bond motifs is 1. The molecule has 1 heteroatoms. The summed E-state index contributed by atoms with van der Waals surface area (Å²) in [5.41, 5.74) is 2.95. The zero-order valence-electron chi connectivity index (χ0n) is 10.6. The molecule has 1 aromatic rings. The van der Waals surface area contributed by atoms with Gasteiger partial charge in [0.15, 0.2) is 0 Å². The molecule has 1 heterocycles. The Morgan fingerprint density at radius 1 is 1.20 bits per heavy atom. The summed E-state index contributed by atoms with van der Waals surface area (Å²) < 4.78 is 5.61. The van der Waals surface area contributed by atoms with Crippen LogP contribution in [0, 0.1) is 6.92 Å². The third kappa shape index (κ3) is 2.53. The molecule has 0 amide bonds. The molecule has 1 aliphatic rings. The third-order valence-corrected chi connectivity index (χ3v) is 2.85. The number of ether oxygens (including phenoxy) is 1. The molecule has 0 aromatic heterocycles. The van der Waals surface area contributed by atoms with E-state index in [2.05, 4.69) is 39.0 Å². The smallest absolute Gasteiger partial charge is 0.123 e. The lowest BCUT2D eigenvalue weighted by molar-refractivity contribution is 0.234. The molecule has 0 unspecified atom stereocenters. The van der Waals surface area contributed by atoms with Crippen LogP contribution in [0.2, 0.25) is 0 Å². The van der Waals surface area contributed by atoms with Crippen LogP contribution in [-0.2, 0) is 5.41 Å². The van der Waals surface area contributed by atoms with Crippen LogP contribution >= 0.6 is 0 Å². The molecule has 0 saturated carbocycles. The van der Waals surface area contributed by atoms with Crippen molar-refractivity contribution in [2.75, 3.05) is 6.61 Å². The van der Waals surface area contributed by atoms with Crippen molar-refractivity contribution in [1.29, 1.82) is 0 Å². The third-order valence-electron chi connectivity index (χ3n) is 2.85. The molecule has 0 fully saturated rings. The average molecular weight is 206 g/mol. The van der Waals surface area contributed by atoms with Gasteiger partial charge in [0.05, 0.1) is 6.61 Å². The van der Waals surface area contributed by atoms with E-state index < -0.39 is 0 Å². The summed E-state index contributed by atoms with van der Waals surface area (Å²) in [7, 11) is 0. The predicted octanol–water partition coefficient (Wildman–Crippen LogP) is 4.08. The molecule has 1 aromatic carbocycles. The molecule has 84 valence electrons. The molecule has 15 heavy (non-hydrogen) atoms. The van der Waals surface area contributed by atoms with E-state index in [-0.39, 0.29) is 5.41 Å². The summed E-state index contributed by atoms with van der Waals surface area (Å²) in [6.45, 7) is 11.6. The largest absolute Gasteiger partial charge is 0.493 e. The number of hydrogen-bond donors (Lipinski definition) is 0. The van der Waals surface area contributed by atoms with E-state index >= 15 is 0 Å². The first kappa shape index (κ1) is 12.1. The van der Waals surface area contributed by atoms with Crippen molar-refractivity contribution in [1.82, 2.24) is 0 Å². The molecule has 0 spiro atoms. The maximum atomic E-state index is 5.61. The van der Waals surface area contributed by atoms with Crippen LogP contribution in [0.5, 0.6) is 5.75 Å². The molecule has 0 saturated heterocycles. The Morgan fingerprint density at radius 2 is 1.87 bits per heavy atom. The summed E-state index contributed by atoms with van der Waals surface area (Å²) in [6.07, 6.45) is 1.11. The fraction of sp³-hybridized carbons (Fsp3) is 0.571. The first-order chi connectivity index (χ1) is 7.09. The minimum absolute atomic E-state index is 0.277. The number of rotatable bonds is 0. The van der Waals surface area contributed by atoms with Gasteiger partial charge in [-0.3, -0.25) is 0 Å². The van der Waals surface area contributed by atoms with Crippen molar-refractivity contribution in [3.8, 4) is 5.75 Å². The number of aryl methyl sites for hydroxylation is 1. The minimum atomic E-state index is 0.277. The van der Waals surface area contributed by atoms with Crippen molar-refractivity contribution in [3.63, 3.8) is 0 Å². The van der Waals surface area contributed by atoms with E-state index in [0.29, 0.717) is 0 Å². The van der Waals surface area contributed by atoms with Gasteiger partial charge in [0.2, 0.25) is 0 Å². The SMILES string of the molecule is CC.Cc1ccc2c(c1)C(C)(C)CCO2. The van der Waals surface area contributed by atoms with Gasteiger partial charge in [-0.1, -0.05) is 45.4 Å². The molecular formula is C14H22O. The summed E-state index contributed by atoms with van der Waals surface area (Å²) >= 11 is 0. The highest BCUT2D eigenvalue weighted by Gasteiger charge is 2.28. The Kier molecular flexibility index (Phi) is 3.78. The first-order valence-corrected chi connectivity index (χ1v) is 5.83. The normalized spacial score (nSPS) is 16.9. The van der Waals surface area contributed by atoms with Gasteiger partial charge in [-0.05, 0) is 24.8 Å². The Labute approximate surface area is 93.5 Å². The van der Waals surface area contributed by atoms with Crippen molar-refractivity contribution in [3.05, 3.63) is 29.3 Å². The lowest BCUT2D eigenvalue weighted by atomic mass is 9.79. The van der Waals surface area contributed by atoms with Crippen molar-refractivity contribution >= 4 is 0 Å². The van der Waals surface area contributed by atoms with Crippen molar-refractivity contribution in [2.45, 2.75) is 46.5 Å². The number of hydrogen-bond acceptors (Lipinski definition) is 1. The number of benzene rings is 1. The van der Waals surface area contributed by atoms with Gasteiger partial charge in [-0.25, -0.2) is 0 Å². The van der Waals surface area contributed by atoms with Gasteiger partial charge in [-0.15, -0.1) is 0 Å². The van der Waals surface area contributed by atoms with Gasteiger partial charge in [0.25, 0.3) is 0 Å². The maximum Gasteiger partial charge on any atom is 0.123 e. The fourth-order valence-corrected chi connectivity index (χ4v) is 1.85. The van der Waals surface area contributed by atoms with E-state index in [0.717, 1.165) is 18.8 Å². The quantitative estimate of drug-likeness (QED) is 0.621. The van der Waals surface area contributed by atoms with E-state index in [9.17, 15) is 0 Å². The maximum absolute atomic E-state index is 5.61. The van der Waals surface area contributed by atoms with Crippen LogP contribution in [-0.4, -0.2) is 6.61 Å². The molecule has 1 nitrogen and oxygen atoms in total. The van der Waals surface area contributed by atoms with E-state index in [1.807, 2.05) is 13.8 Å². The van der Waals surface area contributed by atoms with Gasteiger partial charge in [-0.2, -0.15) is 0 Å². The Morgan fingerprint density at radius 3 is 2.53 bits per heavy atom. The second kappa shape index (κ2) is 4.69. The minimum Gasteiger partial charge on any atom is -0.493 e. The molecular weight excluding hydrogens is 184 g/mol. The lowest BCUT2D eigenvalue weighted by Crippen LogP contribution is -2.26. The molecule has 0 bridgehead atoms. The Hall–Kier alpha value is -0.980. The second-order valence-electron chi connectivity index (χ2n) is 4.48. The Balaban J connectivity index is 0.000000531. The molecule has 2 rings (SSSR count). The van der Waals surface area contributed by atoms with Crippen LogP contribution in [0.4, 0.5) is 0 Å². The van der Waals surface area contributed by atoms with Crippen LogP contribution < -0.4 is 4.74 Å². The van der Waals surface area contributed by atoms with E-state index in [4.69, 9.17) is 4.74 Å². The molecule has 0 radical (unpaired) electrons. The first-order valence-electron chi connectivity index (χ1n) is 5.83. The zero-order valence-corrected chi connectivity index (χ0v) is 10.6. The van der Waals surface area contributed by atoms with Gasteiger partial charge < -0.3 is 4.74 Å². The fourth-order valence-electron chi connectivity index (χ4n) is 1.85. The molecule has 0 aliphatic carbocycles. The topological polar surface area (TPSA) is 9.23 Å².